The predicted molar refractivity (Wildman–Crippen MR) is 95.2 cm³/mol. The number of pyridine rings is 1. The lowest BCUT2D eigenvalue weighted by molar-refractivity contribution is 0.0704. The molecule has 26 heavy (non-hydrogen) atoms. The molecule has 9 heteroatoms. The van der Waals surface area contributed by atoms with Crippen molar-refractivity contribution >= 4 is 23.0 Å². The molecule has 0 unspecified atom stereocenters. The maximum atomic E-state index is 13.0. The second kappa shape index (κ2) is 7.19. The van der Waals surface area contributed by atoms with Crippen LogP contribution in [0.4, 0.5) is 4.79 Å². The third kappa shape index (κ3) is 3.42. The van der Waals surface area contributed by atoms with Crippen LogP contribution in [0.2, 0.25) is 0 Å². The molecule has 3 rings (SSSR count). The molecule has 2 aromatic rings. The molecule has 0 aromatic carbocycles. The number of carbonyl (C=O) groups is 2. The number of fused-ring (bicyclic) bond motifs is 1. The van der Waals surface area contributed by atoms with Gasteiger partial charge >= 0.3 is 6.09 Å². The fourth-order valence-corrected chi connectivity index (χ4v) is 3.29. The number of alkyl carbamates (subject to hydrolysis) is 1. The Morgan fingerprint density at radius 1 is 1.38 bits per heavy atom. The van der Waals surface area contributed by atoms with Crippen molar-refractivity contribution in [2.24, 2.45) is 7.05 Å². The van der Waals surface area contributed by atoms with E-state index in [1.54, 1.807) is 31.9 Å². The molecule has 1 fully saturated rings. The van der Waals surface area contributed by atoms with Crippen molar-refractivity contribution in [3.05, 3.63) is 27.7 Å². The van der Waals surface area contributed by atoms with E-state index in [-0.39, 0.29) is 17.5 Å². The van der Waals surface area contributed by atoms with Crippen LogP contribution >= 0.6 is 0 Å². The monoisotopic (exact) mass is 361 g/mol. The largest absolute Gasteiger partial charge is 0.450 e. The second-order valence-corrected chi connectivity index (χ2v) is 6.44. The topological polar surface area (TPSA) is 109 Å². The minimum Gasteiger partial charge on any atom is -0.450 e. The summed E-state index contributed by atoms with van der Waals surface area (Å²) in [6.07, 6.45) is 0.853. The number of likely N-dealkylation sites (tertiary alicyclic amines) is 1. The van der Waals surface area contributed by atoms with Crippen molar-refractivity contribution in [2.75, 3.05) is 19.7 Å². The smallest absolute Gasteiger partial charge is 0.407 e. The Balaban J connectivity index is 1.76. The molecule has 2 amide bonds. The highest BCUT2D eigenvalue weighted by atomic mass is 16.5. The molecule has 0 bridgehead atoms. The van der Waals surface area contributed by atoms with Gasteiger partial charge in [-0.1, -0.05) is 0 Å². The Labute approximate surface area is 150 Å². The van der Waals surface area contributed by atoms with Crippen LogP contribution in [0.5, 0.6) is 0 Å². The molecule has 0 radical (unpaired) electrons. The number of H-pyrrole nitrogens is 1. The van der Waals surface area contributed by atoms with Crippen molar-refractivity contribution in [2.45, 2.75) is 32.7 Å². The number of nitrogens with zero attached hydrogens (tertiary/aromatic N) is 3. The highest BCUT2D eigenvalue weighted by Crippen LogP contribution is 2.19. The number of nitrogens with one attached hydrogen (secondary N) is 2. The van der Waals surface area contributed by atoms with Gasteiger partial charge in [-0.05, 0) is 32.8 Å². The van der Waals surface area contributed by atoms with Crippen LogP contribution in [0.25, 0.3) is 11.0 Å². The van der Waals surface area contributed by atoms with Crippen molar-refractivity contribution in [1.82, 2.24) is 25.0 Å². The lowest BCUT2D eigenvalue weighted by atomic mass is 10.0. The zero-order chi connectivity index (χ0) is 18.8. The summed E-state index contributed by atoms with van der Waals surface area (Å²) in [4.78, 5) is 42.8. The van der Waals surface area contributed by atoms with Gasteiger partial charge in [-0.15, -0.1) is 0 Å². The van der Waals surface area contributed by atoms with Gasteiger partial charge in [0.2, 0.25) is 0 Å². The molecule has 2 aromatic heterocycles. The summed E-state index contributed by atoms with van der Waals surface area (Å²) in [5, 5.41) is 5.77. The third-order valence-corrected chi connectivity index (χ3v) is 4.55. The van der Waals surface area contributed by atoms with E-state index in [9.17, 15) is 14.4 Å². The van der Waals surface area contributed by atoms with Gasteiger partial charge < -0.3 is 15.0 Å². The Bertz CT molecular complexity index is 892. The Kier molecular flexibility index (Phi) is 4.97. The normalized spacial score (nSPS) is 15.3. The second-order valence-electron chi connectivity index (χ2n) is 6.44. The summed E-state index contributed by atoms with van der Waals surface area (Å²) >= 11 is 0. The number of ether oxygens (including phenoxy) is 1. The molecule has 0 aliphatic carbocycles. The Morgan fingerprint density at radius 3 is 2.73 bits per heavy atom. The summed E-state index contributed by atoms with van der Waals surface area (Å²) in [5.41, 5.74) is 1.19. The van der Waals surface area contributed by atoms with E-state index in [0.717, 1.165) is 0 Å². The maximum Gasteiger partial charge on any atom is 0.407 e. The first-order valence-corrected chi connectivity index (χ1v) is 8.69. The van der Waals surface area contributed by atoms with E-state index >= 15 is 0 Å². The van der Waals surface area contributed by atoms with Gasteiger partial charge in [0.05, 0.1) is 17.6 Å². The number of carbonyl (C=O) groups excluding carboxylic acids is 2. The summed E-state index contributed by atoms with van der Waals surface area (Å²) in [6, 6.07) is 1.64. The average molecular weight is 361 g/mol. The molecule has 3 heterocycles. The quantitative estimate of drug-likeness (QED) is 0.845. The van der Waals surface area contributed by atoms with Crippen molar-refractivity contribution < 1.29 is 14.3 Å². The zero-order valence-corrected chi connectivity index (χ0v) is 15.2. The van der Waals surface area contributed by atoms with Crippen LogP contribution in [-0.4, -0.2) is 57.4 Å². The van der Waals surface area contributed by atoms with Crippen molar-refractivity contribution in [3.63, 3.8) is 0 Å². The van der Waals surface area contributed by atoms with Crippen LogP contribution in [-0.2, 0) is 11.8 Å². The number of aromatic nitrogens is 3. The van der Waals surface area contributed by atoms with Crippen LogP contribution in [0, 0.1) is 6.92 Å². The SMILES string of the molecule is CCOC(=O)NC1CCN(C(=O)c2cc(C)nc3c2c(=O)[nH]n3C)CC1. The van der Waals surface area contributed by atoms with Crippen LogP contribution in [0.15, 0.2) is 10.9 Å². The van der Waals surface area contributed by atoms with Gasteiger partial charge in [0.15, 0.2) is 5.65 Å². The number of aryl methyl sites for hydroxylation is 2. The number of piperidine rings is 1. The van der Waals surface area contributed by atoms with Gasteiger partial charge in [-0.3, -0.25) is 19.4 Å². The first-order valence-electron chi connectivity index (χ1n) is 8.69. The number of amides is 2. The molecule has 1 saturated heterocycles. The van der Waals surface area contributed by atoms with Crippen molar-refractivity contribution in [1.29, 1.82) is 0 Å². The summed E-state index contributed by atoms with van der Waals surface area (Å²) in [6.45, 7) is 4.88. The van der Waals surface area contributed by atoms with Gasteiger partial charge in [-0.25, -0.2) is 9.78 Å². The molecular weight excluding hydrogens is 338 g/mol. The van der Waals surface area contributed by atoms with Gasteiger partial charge in [0, 0.05) is 31.9 Å². The van der Waals surface area contributed by atoms with E-state index in [0.29, 0.717) is 54.8 Å². The van der Waals surface area contributed by atoms with E-state index < -0.39 is 6.09 Å². The third-order valence-electron chi connectivity index (χ3n) is 4.55. The molecule has 0 saturated carbocycles. The van der Waals surface area contributed by atoms with E-state index in [4.69, 9.17) is 4.74 Å². The number of rotatable bonds is 3. The van der Waals surface area contributed by atoms with Gasteiger partial charge in [0.25, 0.3) is 11.5 Å². The maximum absolute atomic E-state index is 13.0. The molecule has 0 spiro atoms. The van der Waals surface area contributed by atoms with Gasteiger partial charge in [-0.2, -0.15) is 0 Å². The van der Waals surface area contributed by atoms with Crippen LogP contribution in [0.1, 0.15) is 35.8 Å². The van der Waals surface area contributed by atoms with E-state index in [1.165, 1.54) is 4.68 Å². The molecule has 0 atom stereocenters. The molecule has 140 valence electrons. The number of aromatic amines is 1. The van der Waals surface area contributed by atoms with Crippen molar-refractivity contribution in [3.8, 4) is 0 Å². The van der Waals surface area contributed by atoms with Crippen LogP contribution < -0.4 is 10.9 Å². The van der Waals surface area contributed by atoms with Crippen LogP contribution in [0.3, 0.4) is 0 Å². The predicted octanol–water partition coefficient (Wildman–Crippen LogP) is 0.921. The number of hydrogen-bond acceptors (Lipinski definition) is 5. The lowest BCUT2D eigenvalue weighted by Crippen LogP contribution is -2.46. The Morgan fingerprint density at radius 2 is 2.08 bits per heavy atom. The fourth-order valence-electron chi connectivity index (χ4n) is 3.29. The lowest BCUT2D eigenvalue weighted by Gasteiger charge is -2.32. The number of hydrogen-bond donors (Lipinski definition) is 2. The Hall–Kier alpha value is -2.84. The molecular formula is C17H23N5O4. The fraction of sp³-hybridized carbons (Fsp3) is 0.529. The standard InChI is InChI=1S/C17H23N5O4/c1-4-26-17(25)19-11-5-7-22(8-6-11)16(24)12-9-10(2)18-14-13(12)15(23)20-21(14)3/h9,11H,4-8H2,1-3H3,(H,19,25)(H,20,23). The first-order chi connectivity index (χ1) is 12.4. The average Bonchev–Trinajstić information content (AvgIpc) is 2.88. The zero-order valence-electron chi connectivity index (χ0n) is 15.2. The molecule has 1 aliphatic heterocycles. The summed E-state index contributed by atoms with van der Waals surface area (Å²) < 4.78 is 6.41. The minimum absolute atomic E-state index is 0.0163. The van der Waals surface area contributed by atoms with E-state index in [2.05, 4.69) is 15.4 Å². The summed E-state index contributed by atoms with van der Waals surface area (Å²) in [7, 11) is 1.69. The van der Waals surface area contributed by atoms with E-state index in [1.807, 2.05) is 0 Å². The van der Waals surface area contributed by atoms with Gasteiger partial charge in [0.1, 0.15) is 0 Å². The first kappa shape index (κ1) is 18.0. The molecule has 1 aliphatic rings. The molecule has 9 nitrogen and oxygen atoms in total. The minimum atomic E-state index is -0.431. The highest BCUT2D eigenvalue weighted by Gasteiger charge is 2.27. The summed E-state index contributed by atoms with van der Waals surface area (Å²) in [5.74, 6) is -0.188. The molecule has 2 N–H and O–H groups in total. The highest BCUT2D eigenvalue weighted by molar-refractivity contribution is 6.05.